The van der Waals surface area contributed by atoms with Gasteiger partial charge in [-0.1, -0.05) is 19.0 Å². The highest BCUT2D eigenvalue weighted by atomic mass is 16.5. The van der Waals surface area contributed by atoms with Gasteiger partial charge in [-0.2, -0.15) is 0 Å². The lowest BCUT2D eigenvalue weighted by Crippen LogP contribution is -2.52. The summed E-state index contributed by atoms with van der Waals surface area (Å²) in [5.74, 6) is -0.688. The molecule has 1 aromatic heterocycles. The molecule has 1 unspecified atom stereocenters. The van der Waals surface area contributed by atoms with Crippen LogP contribution in [0.15, 0.2) is 4.52 Å². The molecule has 0 spiro atoms. The summed E-state index contributed by atoms with van der Waals surface area (Å²) in [7, 11) is 0. The molecule has 1 aromatic rings. The van der Waals surface area contributed by atoms with Crippen LogP contribution < -0.4 is 10.6 Å². The number of rotatable bonds is 3. The molecule has 1 aliphatic heterocycles. The number of carbonyl (C=O) groups excluding carboxylic acids is 3. The van der Waals surface area contributed by atoms with Crippen molar-refractivity contribution in [2.75, 3.05) is 0 Å². The first-order chi connectivity index (χ1) is 9.40. The van der Waals surface area contributed by atoms with Gasteiger partial charge in [0.2, 0.25) is 11.8 Å². The number of hydrogen-bond donors (Lipinski definition) is 2. The number of aromatic nitrogens is 1. The molecule has 0 bridgehead atoms. The quantitative estimate of drug-likeness (QED) is 0.791. The molecule has 1 fully saturated rings. The zero-order valence-electron chi connectivity index (χ0n) is 11.6. The van der Waals surface area contributed by atoms with Crippen LogP contribution >= 0.6 is 0 Å². The van der Waals surface area contributed by atoms with Crippen molar-refractivity contribution in [3.8, 4) is 0 Å². The normalized spacial score (nSPS) is 19.1. The Bertz CT molecular complexity index is 562. The molecule has 2 rings (SSSR count). The molecule has 108 valence electrons. The second kappa shape index (κ2) is 5.44. The van der Waals surface area contributed by atoms with Gasteiger partial charge >= 0.3 is 0 Å². The number of nitrogens with one attached hydrogen (secondary N) is 2. The largest absolute Gasteiger partial charge is 0.360 e. The Hall–Kier alpha value is -2.18. The van der Waals surface area contributed by atoms with Gasteiger partial charge in [0.1, 0.15) is 11.6 Å². The number of nitrogens with zero attached hydrogens (tertiary/aromatic N) is 1. The average Bonchev–Trinajstić information content (AvgIpc) is 2.75. The molecule has 7 heteroatoms. The summed E-state index contributed by atoms with van der Waals surface area (Å²) in [4.78, 5) is 35.0. The fourth-order valence-corrected chi connectivity index (χ4v) is 2.12. The number of carbonyl (C=O) groups is 3. The second-order valence-electron chi connectivity index (χ2n) is 5.14. The molecule has 0 radical (unpaired) electrons. The van der Waals surface area contributed by atoms with Gasteiger partial charge in [-0.25, -0.2) is 0 Å². The fourth-order valence-electron chi connectivity index (χ4n) is 2.12. The summed E-state index contributed by atoms with van der Waals surface area (Å²) in [5.41, 5.74) is 0.850. The summed E-state index contributed by atoms with van der Waals surface area (Å²) in [6.07, 6.45) is 0.522. The maximum atomic E-state index is 12.3. The molecule has 1 aliphatic rings. The number of aryl methyl sites for hydroxylation is 1. The van der Waals surface area contributed by atoms with Crippen LogP contribution in [0.4, 0.5) is 0 Å². The number of imide groups is 1. The molecule has 2 N–H and O–H groups in total. The van der Waals surface area contributed by atoms with E-state index in [-0.39, 0.29) is 18.2 Å². The van der Waals surface area contributed by atoms with E-state index in [1.807, 2.05) is 13.8 Å². The zero-order chi connectivity index (χ0) is 14.9. The summed E-state index contributed by atoms with van der Waals surface area (Å²) < 4.78 is 5.15. The number of amides is 3. The third-order valence-corrected chi connectivity index (χ3v) is 3.19. The van der Waals surface area contributed by atoms with Crippen molar-refractivity contribution in [2.24, 2.45) is 0 Å². The Balaban J connectivity index is 2.15. The van der Waals surface area contributed by atoms with Crippen LogP contribution in [0.3, 0.4) is 0 Å². The highest BCUT2D eigenvalue weighted by Crippen LogP contribution is 2.22. The van der Waals surface area contributed by atoms with Crippen LogP contribution in [0.25, 0.3) is 0 Å². The molecule has 1 atom stereocenters. The van der Waals surface area contributed by atoms with Gasteiger partial charge in [0.25, 0.3) is 5.91 Å². The van der Waals surface area contributed by atoms with E-state index in [2.05, 4.69) is 15.8 Å². The third kappa shape index (κ3) is 2.71. The minimum atomic E-state index is -0.700. The molecule has 0 saturated carbocycles. The summed E-state index contributed by atoms with van der Waals surface area (Å²) >= 11 is 0. The van der Waals surface area contributed by atoms with Crippen LogP contribution in [0.2, 0.25) is 0 Å². The van der Waals surface area contributed by atoms with Gasteiger partial charge in [0.05, 0.1) is 5.69 Å². The van der Waals surface area contributed by atoms with Crippen LogP contribution in [0.1, 0.15) is 54.4 Å². The molecule has 0 aliphatic carbocycles. The minimum absolute atomic E-state index is 0.0127. The van der Waals surface area contributed by atoms with E-state index in [1.54, 1.807) is 6.92 Å². The first kappa shape index (κ1) is 14.2. The van der Waals surface area contributed by atoms with Crippen LogP contribution in [0.5, 0.6) is 0 Å². The smallest absolute Gasteiger partial charge is 0.257 e. The molecule has 7 nitrogen and oxygen atoms in total. The van der Waals surface area contributed by atoms with Crippen molar-refractivity contribution in [3.63, 3.8) is 0 Å². The minimum Gasteiger partial charge on any atom is -0.360 e. The molecule has 3 amide bonds. The van der Waals surface area contributed by atoms with Gasteiger partial charge in [-0.15, -0.1) is 0 Å². The third-order valence-electron chi connectivity index (χ3n) is 3.19. The van der Waals surface area contributed by atoms with Crippen LogP contribution in [-0.2, 0) is 9.59 Å². The highest BCUT2D eigenvalue weighted by Gasteiger charge is 2.30. The van der Waals surface area contributed by atoms with Crippen LogP contribution in [-0.4, -0.2) is 28.9 Å². The van der Waals surface area contributed by atoms with Gasteiger partial charge in [-0.3, -0.25) is 19.7 Å². The number of piperidine rings is 1. The fraction of sp³-hybridized carbons (Fsp3) is 0.538. The summed E-state index contributed by atoms with van der Waals surface area (Å²) in [5, 5.41) is 8.62. The van der Waals surface area contributed by atoms with Crippen molar-refractivity contribution < 1.29 is 18.9 Å². The van der Waals surface area contributed by atoms with E-state index in [1.165, 1.54) is 0 Å². The average molecular weight is 279 g/mol. The van der Waals surface area contributed by atoms with E-state index in [0.717, 1.165) is 0 Å². The first-order valence-electron chi connectivity index (χ1n) is 6.51. The Kier molecular flexibility index (Phi) is 3.87. The lowest BCUT2D eigenvalue weighted by molar-refractivity contribution is -0.134. The summed E-state index contributed by atoms with van der Waals surface area (Å²) in [6.45, 7) is 5.46. The zero-order valence-corrected chi connectivity index (χ0v) is 11.6. The maximum Gasteiger partial charge on any atom is 0.257 e. The Morgan fingerprint density at radius 3 is 2.75 bits per heavy atom. The van der Waals surface area contributed by atoms with Gasteiger partial charge in [-0.05, 0) is 13.3 Å². The SMILES string of the molecule is Cc1noc(C(C)C)c1C(=O)NC1CCC(=O)NC1=O. The van der Waals surface area contributed by atoms with E-state index in [4.69, 9.17) is 4.52 Å². The predicted octanol–water partition coefficient (Wildman–Crippen LogP) is 0.641. The molecular formula is C13H17N3O4. The van der Waals surface area contributed by atoms with Crippen molar-refractivity contribution in [2.45, 2.75) is 45.6 Å². The van der Waals surface area contributed by atoms with Crippen LogP contribution in [0, 0.1) is 6.92 Å². The summed E-state index contributed by atoms with van der Waals surface area (Å²) in [6, 6.07) is -0.700. The Morgan fingerprint density at radius 1 is 1.45 bits per heavy atom. The topological polar surface area (TPSA) is 101 Å². The molecule has 2 heterocycles. The van der Waals surface area contributed by atoms with Crippen molar-refractivity contribution in [1.29, 1.82) is 0 Å². The predicted molar refractivity (Wildman–Crippen MR) is 69.0 cm³/mol. The maximum absolute atomic E-state index is 12.3. The molecular weight excluding hydrogens is 262 g/mol. The Labute approximate surface area is 116 Å². The first-order valence-corrected chi connectivity index (χ1v) is 6.51. The highest BCUT2D eigenvalue weighted by molar-refractivity contribution is 6.04. The lowest BCUT2D eigenvalue weighted by Gasteiger charge is -2.21. The monoisotopic (exact) mass is 279 g/mol. The van der Waals surface area contributed by atoms with Gasteiger partial charge in [0.15, 0.2) is 5.76 Å². The lowest BCUT2D eigenvalue weighted by atomic mass is 10.0. The second-order valence-corrected chi connectivity index (χ2v) is 5.14. The molecule has 1 saturated heterocycles. The van der Waals surface area contributed by atoms with Crippen molar-refractivity contribution in [3.05, 3.63) is 17.0 Å². The van der Waals surface area contributed by atoms with Gasteiger partial charge in [0, 0.05) is 12.3 Å². The van der Waals surface area contributed by atoms with E-state index in [0.29, 0.717) is 23.4 Å². The van der Waals surface area contributed by atoms with E-state index >= 15 is 0 Å². The molecule has 20 heavy (non-hydrogen) atoms. The van der Waals surface area contributed by atoms with Crippen molar-refractivity contribution in [1.82, 2.24) is 15.8 Å². The van der Waals surface area contributed by atoms with E-state index < -0.39 is 17.9 Å². The Morgan fingerprint density at radius 2 is 2.15 bits per heavy atom. The van der Waals surface area contributed by atoms with E-state index in [9.17, 15) is 14.4 Å². The molecule has 0 aromatic carbocycles. The van der Waals surface area contributed by atoms with Gasteiger partial charge < -0.3 is 9.84 Å². The van der Waals surface area contributed by atoms with Crippen molar-refractivity contribution >= 4 is 17.7 Å². The number of hydrogen-bond acceptors (Lipinski definition) is 5. The standard InChI is InChI=1S/C13H17N3O4/c1-6(2)11-10(7(3)16-20-11)13(19)14-8-4-5-9(17)15-12(8)18/h6,8H,4-5H2,1-3H3,(H,14,19)(H,15,17,18).